The van der Waals surface area contributed by atoms with Crippen molar-refractivity contribution in [1.29, 1.82) is 0 Å². The van der Waals surface area contributed by atoms with Gasteiger partial charge in [0.2, 0.25) is 7.37 Å². The van der Waals surface area contributed by atoms with Crippen molar-refractivity contribution in [3.8, 4) is 0 Å². The molecule has 0 aliphatic rings. The number of anilines is 1. The minimum absolute atomic E-state index is 0. The van der Waals surface area contributed by atoms with E-state index in [1.165, 1.54) is 16.8 Å². The van der Waals surface area contributed by atoms with Crippen LogP contribution in [0.3, 0.4) is 0 Å². The Morgan fingerprint density at radius 3 is 2.74 bits per heavy atom. The van der Waals surface area contributed by atoms with E-state index in [0.717, 1.165) is 6.66 Å². The molecule has 1 rings (SSSR count). The number of nitrogen functional groups attached to an aromatic ring is 1. The van der Waals surface area contributed by atoms with Gasteiger partial charge in [-0.25, -0.2) is 4.79 Å². The molecule has 0 bridgehead atoms. The smallest absolute Gasteiger partial charge is 0.349 e. The van der Waals surface area contributed by atoms with Crippen molar-refractivity contribution in [2.45, 2.75) is 12.6 Å². The maximum Gasteiger partial charge on any atom is 0.349 e. The predicted octanol–water partition coefficient (Wildman–Crippen LogP) is -0.489. The number of aromatic nitrogens is 2. The average Bonchev–Trinajstić information content (AvgIpc) is 2.25. The standard InChI is InChI=1S/C9H16N3O5P.CH3/c1-18(15,16)6-17-7(5-13)4-12-3-2-8(10)11-9(12)14;/h2-3,7,13H,4-6H2,1H3,(H,15,16)(H2,10,11,14);1H3/q;+1. The van der Waals surface area contributed by atoms with E-state index in [-0.39, 0.29) is 32.7 Å². The van der Waals surface area contributed by atoms with Crippen LogP contribution in [-0.4, -0.2) is 45.3 Å². The first kappa shape index (κ1) is 17.7. The number of nitrogens with zero attached hydrogens (tertiary/aromatic N) is 2. The second-order valence-electron chi connectivity index (χ2n) is 3.94. The first-order valence-electron chi connectivity index (χ1n) is 5.16. The topological polar surface area (TPSA) is 128 Å². The highest BCUT2D eigenvalue weighted by atomic mass is 31.2. The zero-order valence-electron chi connectivity index (χ0n) is 10.9. The van der Waals surface area contributed by atoms with Crippen molar-refractivity contribution in [2.24, 2.45) is 0 Å². The fraction of sp³-hybridized carbons (Fsp3) is 0.500. The van der Waals surface area contributed by atoms with Crippen LogP contribution >= 0.6 is 7.37 Å². The van der Waals surface area contributed by atoms with E-state index in [1.54, 1.807) is 0 Å². The molecule has 1 aromatic heterocycles. The molecule has 4 N–H and O–H groups in total. The lowest BCUT2D eigenvalue weighted by molar-refractivity contribution is 0.0225. The first-order chi connectivity index (χ1) is 8.31. The molecule has 2 unspecified atom stereocenters. The van der Waals surface area contributed by atoms with E-state index in [2.05, 4.69) is 4.98 Å². The van der Waals surface area contributed by atoms with Gasteiger partial charge in [-0.3, -0.25) is 9.13 Å². The largest absolute Gasteiger partial charge is 0.394 e. The number of ether oxygens (including phenoxy) is 1. The third-order valence-electron chi connectivity index (χ3n) is 2.05. The molecular formula is C10H19N3O5P+. The maximum atomic E-state index is 11.4. The molecule has 0 saturated carbocycles. The number of nitrogens with two attached hydrogens (primary N) is 1. The van der Waals surface area contributed by atoms with E-state index < -0.39 is 19.2 Å². The van der Waals surface area contributed by atoms with E-state index in [1.807, 2.05) is 0 Å². The van der Waals surface area contributed by atoms with Gasteiger partial charge < -0.3 is 20.5 Å². The number of aliphatic hydroxyl groups is 1. The minimum Gasteiger partial charge on any atom is -0.394 e. The molecule has 1 heterocycles. The maximum absolute atomic E-state index is 11.4. The molecular weight excluding hydrogens is 273 g/mol. The summed E-state index contributed by atoms with van der Waals surface area (Å²) in [6.45, 7) is 0.803. The van der Waals surface area contributed by atoms with Crippen molar-refractivity contribution in [3.63, 3.8) is 0 Å². The van der Waals surface area contributed by atoms with Crippen molar-refractivity contribution in [1.82, 2.24) is 9.55 Å². The quantitative estimate of drug-likeness (QED) is 0.477. The van der Waals surface area contributed by atoms with Crippen LogP contribution in [0.1, 0.15) is 0 Å². The van der Waals surface area contributed by atoms with E-state index in [0.29, 0.717) is 0 Å². The number of hydrogen-bond acceptors (Lipinski definition) is 6. The van der Waals surface area contributed by atoms with Gasteiger partial charge in [-0.1, -0.05) is 0 Å². The Hall–Kier alpha value is -1.34. The summed E-state index contributed by atoms with van der Waals surface area (Å²) in [5, 5.41) is 9.07. The van der Waals surface area contributed by atoms with Crippen LogP contribution in [0.4, 0.5) is 5.82 Å². The fourth-order valence-corrected chi connectivity index (χ4v) is 1.69. The summed E-state index contributed by atoms with van der Waals surface area (Å²) < 4.78 is 17.3. The Balaban J connectivity index is 0.00000324. The monoisotopic (exact) mass is 292 g/mol. The van der Waals surface area contributed by atoms with Gasteiger partial charge in [0.25, 0.3) is 0 Å². The van der Waals surface area contributed by atoms with Crippen LogP contribution in [0.2, 0.25) is 0 Å². The summed E-state index contributed by atoms with van der Waals surface area (Å²) in [4.78, 5) is 24.0. The summed E-state index contributed by atoms with van der Waals surface area (Å²) in [6.07, 6.45) is 0.282. The molecule has 8 nitrogen and oxygen atoms in total. The predicted molar refractivity (Wildman–Crippen MR) is 71.9 cm³/mol. The molecule has 0 aliphatic heterocycles. The van der Waals surface area contributed by atoms with Crippen molar-refractivity contribution in [2.75, 3.05) is 25.4 Å². The molecule has 1 aromatic rings. The highest BCUT2D eigenvalue weighted by Gasteiger charge is 2.16. The summed E-state index contributed by atoms with van der Waals surface area (Å²) in [6, 6.07) is 1.44. The lowest BCUT2D eigenvalue weighted by Gasteiger charge is -2.17. The van der Waals surface area contributed by atoms with Gasteiger partial charge in [-0.05, 0) is 6.07 Å². The van der Waals surface area contributed by atoms with Gasteiger partial charge >= 0.3 is 5.69 Å². The molecule has 0 aromatic carbocycles. The Morgan fingerprint density at radius 2 is 2.26 bits per heavy atom. The van der Waals surface area contributed by atoms with Crippen LogP contribution in [-0.2, 0) is 15.8 Å². The van der Waals surface area contributed by atoms with Gasteiger partial charge in [0, 0.05) is 20.3 Å². The fourth-order valence-electron chi connectivity index (χ4n) is 1.21. The Bertz CT molecular complexity index is 498. The lowest BCUT2D eigenvalue weighted by Crippen LogP contribution is -2.32. The van der Waals surface area contributed by atoms with Gasteiger partial charge in [-0.2, -0.15) is 4.98 Å². The van der Waals surface area contributed by atoms with Gasteiger partial charge in [0.15, 0.2) is 0 Å². The van der Waals surface area contributed by atoms with Crippen molar-refractivity contribution >= 4 is 13.2 Å². The van der Waals surface area contributed by atoms with Crippen LogP contribution in [0.5, 0.6) is 0 Å². The molecule has 9 heteroatoms. The summed E-state index contributed by atoms with van der Waals surface area (Å²) in [7, 11) is -3.31. The molecule has 108 valence electrons. The molecule has 0 spiro atoms. The van der Waals surface area contributed by atoms with Crippen LogP contribution in [0.25, 0.3) is 0 Å². The van der Waals surface area contributed by atoms with Crippen LogP contribution in [0.15, 0.2) is 17.1 Å². The summed E-state index contributed by atoms with van der Waals surface area (Å²) in [5.74, 6) is 0.103. The minimum atomic E-state index is -3.31. The first-order valence-corrected chi connectivity index (χ1v) is 7.46. The van der Waals surface area contributed by atoms with Crippen molar-refractivity contribution in [3.05, 3.63) is 30.2 Å². The second-order valence-corrected chi connectivity index (χ2v) is 6.30. The average molecular weight is 292 g/mol. The number of rotatable bonds is 6. The van der Waals surface area contributed by atoms with Crippen molar-refractivity contribution < 1.29 is 19.3 Å². The molecule has 2 atom stereocenters. The third-order valence-corrected chi connectivity index (χ3v) is 2.68. The SMILES string of the molecule is CP(=O)(O)COC(CO)Cn1ccc(N)nc1=O.[CH3+]. The molecule has 0 fully saturated rings. The molecule has 0 saturated heterocycles. The normalized spacial score (nSPS) is 15.3. The molecule has 19 heavy (non-hydrogen) atoms. The van der Waals surface area contributed by atoms with Gasteiger partial charge in [0.05, 0.1) is 19.3 Å². The summed E-state index contributed by atoms with van der Waals surface area (Å²) >= 11 is 0. The third kappa shape index (κ3) is 6.40. The van der Waals surface area contributed by atoms with Gasteiger partial charge in [0.1, 0.15) is 12.2 Å². The van der Waals surface area contributed by atoms with Gasteiger partial charge in [-0.15, -0.1) is 0 Å². The molecule has 0 amide bonds. The summed E-state index contributed by atoms with van der Waals surface area (Å²) in [5.41, 5.74) is 4.76. The molecule has 0 radical (unpaired) electrons. The Labute approximate surface area is 111 Å². The second kappa shape index (κ2) is 7.30. The van der Waals surface area contributed by atoms with E-state index >= 15 is 0 Å². The zero-order valence-corrected chi connectivity index (χ0v) is 11.8. The lowest BCUT2D eigenvalue weighted by atomic mass is 10.3. The van der Waals surface area contributed by atoms with E-state index in [4.69, 9.17) is 20.5 Å². The highest BCUT2D eigenvalue weighted by molar-refractivity contribution is 7.56. The number of hydrogen-bond donors (Lipinski definition) is 3. The Kier molecular flexibility index (Phi) is 6.78. The van der Waals surface area contributed by atoms with E-state index in [9.17, 15) is 9.36 Å². The van der Waals surface area contributed by atoms with Crippen LogP contribution in [0, 0.1) is 7.43 Å². The molecule has 0 aliphatic carbocycles. The Morgan fingerprint density at radius 1 is 1.63 bits per heavy atom. The number of aliphatic hydroxyl groups excluding tert-OH is 1. The van der Waals surface area contributed by atoms with Crippen LogP contribution < -0.4 is 11.4 Å². The highest BCUT2D eigenvalue weighted by Crippen LogP contribution is 2.35. The zero-order chi connectivity index (χ0) is 13.8.